The smallest absolute Gasteiger partial charge is 0.416 e. The highest BCUT2D eigenvalue weighted by atomic mass is 19.4. The van der Waals surface area contributed by atoms with Crippen LogP contribution in [0.2, 0.25) is 0 Å². The Bertz CT molecular complexity index is 1550. The summed E-state index contributed by atoms with van der Waals surface area (Å²) in [6, 6.07) is 12.3. The number of carbonyl (C=O) groups is 2. The quantitative estimate of drug-likeness (QED) is 0.228. The topological polar surface area (TPSA) is 110 Å². The monoisotopic (exact) mass is 551 g/mol. The number of hydrogen-bond donors (Lipinski definition) is 2. The number of fused-ring (bicyclic) bond motifs is 1. The fourth-order valence-electron chi connectivity index (χ4n) is 5.06. The van der Waals surface area contributed by atoms with Gasteiger partial charge in [0.25, 0.3) is 0 Å². The molecule has 1 saturated carbocycles. The highest BCUT2D eigenvalue weighted by molar-refractivity contribution is 5.92. The number of aromatic nitrogens is 4. The fraction of sp³-hybridized carbons (Fsp3) is 0.345. The first-order valence-electron chi connectivity index (χ1n) is 13.1. The molecule has 5 rings (SSSR count). The van der Waals surface area contributed by atoms with Crippen molar-refractivity contribution in [3.8, 4) is 11.4 Å². The van der Waals surface area contributed by atoms with E-state index in [0.29, 0.717) is 35.7 Å². The van der Waals surface area contributed by atoms with Gasteiger partial charge in [0.1, 0.15) is 17.6 Å². The number of imidazole rings is 1. The number of aryl methyl sites for hydroxylation is 1. The minimum absolute atomic E-state index is 0.115. The number of nitrogens with one attached hydrogen (secondary N) is 1. The zero-order valence-corrected chi connectivity index (χ0v) is 21.8. The Morgan fingerprint density at radius 1 is 1.15 bits per heavy atom. The summed E-state index contributed by atoms with van der Waals surface area (Å²) in [6.45, 7) is 2.07. The van der Waals surface area contributed by atoms with Crippen LogP contribution in [0.3, 0.4) is 0 Å². The molecule has 1 fully saturated rings. The molecule has 8 nitrogen and oxygen atoms in total. The predicted molar refractivity (Wildman–Crippen MR) is 143 cm³/mol. The number of carboxylic acids is 1. The molecule has 2 aromatic heterocycles. The number of rotatable bonds is 10. The Balaban J connectivity index is 1.68. The lowest BCUT2D eigenvalue weighted by Gasteiger charge is -2.34. The first-order chi connectivity index (χ1) is 19.1. The van der Waals surface area contributed by atoms with Crippen LogP contribution in [0.15, 0.2) is 48.5 Å². The molecule has 0 radical (unpaired) electrons. The molecule has 2 aromatic carbocycles. The second-order valence-electron chi connectivity index (χ2n) is 10.1. The summed E-state index contributed by atoms with van der Waals surface area (Å²) in [5, 5.41) is 13.1. The van der Waals surface area contributed by atoms with E-state index in [2.05, 4.69) is 15.3 Å². The van der Waals surface area contributed by atoms with E-state index in [1.54, 1.807) is 4.57 Å². The molecule has 1 unspecified atom stereocenters. The van der Waals surface area contributed by atoms with Crippen LogP contribution in [-0.4, -0.2) is 42.9 Å². The maximum absolute atomic E-state index is 13.2. The molecule has 1 aliphatic carbocycles. The van der Waals surface area contributed by atoms with E-state index in [1.807, 2.05) is 31.2 Å². The molecule has 0 amide bonds. The number of carboxylic acid groups (broad SMARTS) is 1. The van der Waals surface area contributed by atoms with Crippen molar-refractivity contribution < 1.29 is 27.9 Å². The van der Waals surface area contributed by atoms with E-state index in [0.717, 1.165) is 48.8 Å². The van der Waals surface area contributed by atoms with Gasteiger partial charge in [0.15, 0.2) is 11.5 Å². The van der Waals surface area contributed by atoms with Crippen LogP contribution in [0.1, 0.15) is 59.4 Å². The van der Waals surface area contributed by atoms with Gasteiger partial charge in [-0.25, -0.2) is 19.7 Å². The minimum Gasteiger partial charge on any atom is -0.475 e. The number of benzene rings is 2. The maximum atomic E-state index is 13.2. The van der Waals surface area contributed by atoms with Crippen molar-refractivity contribution >= 4 is 29.2 Å². The maximum Gasteiger partial charge on any atom is 0.416 e. The van der Waals surface area contributed by atoms with Gasteiger partial charge in [0, 0.05) is 24.6 Å². The predicted octanol–water partition coefficient (Wildman–Crippen LogP) is 6.13. The van der Waals surface area contributed by atoms with Crippen molar-refractivity contribution in [2.24, 2.45) is 5.92 Å². The molecule has 1 aliphatic rings. The van der Waals surface area contributed by atoms with E-state index in [1.165, 1.54) is 12.1 Å². The van der Waals surface area contributed by atoms with Gasteiger partial charge in [-0.2, -0.15) is 13.2 Å². The zero-order valence-electron chi connectivity index (χ0n) is 21.8. The summed E-state index contributed by atoms with van der Waals surface area (Å²) < 4.78 is 41.4. The van der Waals surface area contributed by atoms with Crippen molar-refractivity contribution in [2.75, 3.05) is 5.32 Å². The third-order valence-electron chi connectivity index (χ3n) is 7.33. The molecule has 2 heterocycles. The molecule has 208 valence electrons. The largest absolute Gasteiger partial charge is 0.475 e. The normalized spacial score (nSPS) is 14.6. The molecule has 0 bridgehead atoms. The Hall–Kier alpha value is -4.28. The van der Waals surface area contributed by atoms with E-state index in [9.17, 15) is 27.9 Å². The van der Waals surface area contributed by atoms with Crippen molar-refractivity contribution in [3.63, 3.8) is 0 Å². The van der Waals surface area contributed by atoms with Gasteiger partial charge in [-0.05, 0) is 55.9 Å². The van der Waals surface area contributed by atoms with Gasteiger partial charge in [0.05, 0.1) is 5.56 Å². The van der Waals surface area contributed by atoms with Gasteiger partial charge in [0.2, 0.25) is 5.82 Å². The first-order valence-corrected chi connectivity index (χ1v) is 13.1. The Morgan fingerprint density at radius 2 is 1.90 bits per heavy atom. The highest BCUT2D eigenvalue weighted by Gasteiger charge is 2.31. The lowest BCUT2D eigenvalue weighted by Crippen LogP contribution is -2.34. The van der Waals surface area contributed by atoms with Crippen LogP contribution in [0, 0.1) is 12.8 Å². The Kier molecular flexibility index (Phi) is 7.55. The lowest BCUT2D eigenvalue weighted by molar-refractivity contribution is -0.137. The number of nitrogens with zero attached hydrogens (tertiary/aromatic N) is 4. The average molecular weight is 552 g/mol. The number of halogens is 3. The number of aromatic carboxylic acids is 1. The van der Waals surface area contributed by atoms with E-state index >= 15 is 0 Å². The molecule has 0 aliphatic heterocycles. The molecule has 1 atom stereocenters. The van der Waals surface area contributed by atoms with Crippen LogP contribution in [0.5, 0.6) is 0 Å². The summed E-state index contributed by atoms with van der Waals surface area (Å²) in [7, 11) is 0. The van der Waals surface area contributed by atoms with Gasteiger partial charge in [-0.1, -0.05) is 42.3 Å². The molecule has 0 spiro atoms. The Morgan fingerprint density at radius 3 is 2.50 bits per heavy atom. The molecule has 4 aromatic rings. The van der Waals surface area contributed by atoms with Crippen molar-refractivity contribution in [2.45, 2.75) is 57.8 Å². The van der Waals surface area contributed by atoms with Crippen molar-refractivity contribution in [3.05, 3.63) is 71.0 Å². The van der Waals surface area contributed by atoms with E-state index < -0.39 is 23.5 Å². The van der Waals surface area contributed by atoms with Gasteiger partial charge in [-0.3, -0.25) is 0 Å². The molecular formula is C29H28F3N5O3. The molecule has 40 heavy (non-hydrogen) atoms. The third kappa shape index (κ3) is 5.68. The number of alkyl halides is 3. The van der Waals surface area contributed by atoms with Crippen molar-refractivity contribution in [1.82, 2.24) is 19.5 Å². The SMILES string of the molecule is Cc1cccc(-c2nc3nc(C(=O)O)nc(NC(CCC=O)C4CCC4)c3n2Cc2ccc(C(F)(F)F)cc2)c1. The van der Waals surface area contributed by atoms with Gasteiger partial charge in [-0.15, -0.1) is 0 Å². The second-order valence-corrected chi connectivity index (χ2v) is 10.1. The molecule has 2 N–H and O–H groups in total. The summed E-state index contributed by atoms with van der Waals surface area (Å²) in [4.78, 5) is 36.4. The lowest BCUT2D eigenvalue weighted by atomic mass is 9.78. The third-order valence-corrected chi connectivity index (χ3v) is 7.33. The van der Waals surface area contributed by atoms with Gasteiger partial charge < -0.3 is 19.8 Å². The van der Waals surface area contributed by atoms with Crippen molar-refractivity contribution in [1.29, 1.82) is 0 Å². The fourth-order valence-corrected chi connectivity index (χ4v) is 5.06. The molecule has 11 heteroatoms. The van der Waals surface area contributed by atoms with Gasteiger partial charge >= 0.3 is 12.1 Å². The van der Waals surface area contributed by atoms with Crippen LogP contribution in [0.25, 0.3) is 22.6 Å². The summed E-state index contributed by atoms with van der Waals surface area (Å²) in [5.41, 5.74) is 2.15. The van der Waals surface area contributed by atoms with Crippen LogP contribution in [-0.2, 0) is 17.5 Å². The average Bonchev–Trinajstić information content (AvgIpc) is 3.24. The number of aldehydes is 1. The number of carbonyl (C=O) groups excluding carboxylic acids is 1. The number of anilines is 1. The van der Waals surface area contributed by atoms with Crippen LogP contribution < -0.4 is 5.32 Å². The molecule has 0 saturated heterocycles. The summed E-state index contributed by atoms with van der Waals surface area (Å²) in [5.74, 6) is -0.684. The second kappa shape index (κ2) is 11.1. The summed E-state index contributed by atoms with van der Waals surface area (Å²) in [6.07, 6.45) is 0.339. The van der Waals surface area contributed by atoms with E-state index in [4.69, 9.17) is 4.98 Å². The van der Waals surface area contributed by atoms with E-state index in [-0.39, 0.29) is 24.1 Å². The summed E-state index contributed by atoms with van der Waals surface area (Å²) >= 11 is 0. The Labute approximate surface area is 228 Å². The highest BCUT2D eigenvalue weighted by Crippen LogP contribution is 2.36. The zero-order chi connectivity index (χ0) is 28.4. The van der Waals surface area contributed by atoms with Crippen LogP contribution in [0.4, 0.5) is 19.0 Å². The first kappa shape index (κ1) is 27.3. The number of hydrogen-bond acceptors (Lipinski definition) is 6. The van der Waals surface area contributed by atoms with Crippen LogP contribution >= 0.6 is 0 Å². The standard InChI is InChI=1S/C29H28F3N5O3/c1-17-5-2-8-20(15-17)27-36-25-23(37(27)16-18-10-12-21(13-11-18)29(30,31)32)24(34-26(35-25)28(39)40)33-22(9-4-14-38)19-6-3-7-19/h2,5,8,10-15,19,22H,3-4,6-7,9,16H2,1H3,(H,39,40)(H,33,34,35). The molecular weight excluding hydrogens is 523 g/mol. The minimum atomic E-state index is -4.46.